The van der Waals surface area contributed by atoms with E-state index >= 15 is 0 Å². The van der Waals surface area contributed by atoms with Crippen molar-refractivity contribution in [2.45, 2.75) is 45.2 Å². The second-order valence-electron chi connectivity index (χ2n) is 5.38. The Kier molecular flexibility index (Phi) is 7.02. The van der Waals surface area contributed by atoms with E-state index in [0.717, 1.165) is 12.0 Å². The maximum atomic E-state index is 11.8. The Bertz CT molecular complexity index is 461. The van der Waals surface area contributed by atoms with Crippen LogP contribution in [0.4, 0.5) is 0 Å². The van der Waals surface area contributed by atoms with E-state index in [-0.39, 0.29) is 18.0 Å². The van der Waals surface area contributed by atoms with E-state index in [2.05, 4.69) is 5.32 Å². The molecular formula is C16H26N2O3. The van der Waals surface area contributed by atoms with Crippen molar-refractivity contribution in [2.24, 2.45) is 5.73 Å². The van der Waals surface area contributed by atoms with Crippen LogP contribution in [0, 0.1) is 0 Å². The van der Waals surface area contributed by atoms with E-state index in [9.17, 15) is 4.79 Å². The maximum absolute atomic E-state index is 11.8. The van der Waals surface area contributed by atoms with E-state index < -0.39 is 0 Å². The Hall–Kier alpha value is -1.75. The number of hydrogen-bond acceptors (Lipinski definition) is 4. The zero-order valence-electron chi connectivity index (χ0n) is 13.3. The fourth-order valence-corrected chi connectivity index (χ4v) is 2.12. The van der Waals surface area contributed by atoms with Gasteiger partial charge in [0.05, 0.1) is 14.2 Å². The van der Waals surface area contributed by atoms with Crippen LogP contribution in [0.5, 0.6) is 11.5 Å². The van der Waals surface area contributed by atoms with E-state index in [1.807, 2.05) is 32.0 Å². The highest BCUT2D eigenvalue weighted by molar-refractivity contribution is 5.76. The van der Waals surface area contributed by atoms with Gasteiger partial charge in [0, 0.05) is 18.5 Å². The summed E-state index contributed by atoms with van der Waals surface area (Å²) in [6.45, 7) is 3.89. The van der Waals surface area contributed by atoms with Gasteiger partial charge < -0.3 is 20.5 Å². The predicted molar refractivity (Wildman–Crippen MR) is 83.7 cm³/mol. The molecule has 1 aromatic rings. The lowest BCUT2D eigenvalue weighted by atomic mass is 10.1. The Balaban J connectivity index is 2.54. The fourth-order valence-electron chi connectivity index (χ4n) is 2.12. The van der Waals surface area contributed by atoms with Crippen LogP contribution in [0.1, 0.15) is 32.3 Å². The first-order valence-electron chi connectivity index (χ1n) is 7.22. The van der Waals surface area contributed by atoms with Crippen LogP contribution in [0.2, 0.25) is 0 Å². The SMILES string of the molecule is COc1ccc(CC(C)NC(=O)CCC(C)N)cc1OC. The van der Waals surface area contributed by atoms with Crippen LogP contribution in [0.25, 0.3) is 0 Å². The number of methoxy groups -OCH3 is 2. The molecule has 0 bridgehead atoms. The van der Waals surface area contributed by atoms with Crippen LogP contribution in [-0.2, 0) is 11.2 Å². The monoisotopic (exact) mass is 294 g/mol. The highest BCUT2D eigenvalue weighted by atomic mass is 16.5. The molecule has 0 heterocycles. The first-order chi connectivity index (χ1) is 9.96. The van der Waals surface area contributed by atoms with Gasteiger partial charge in [-0.3, -0.25) is 4.79 Å². The minimum atomic E-state index is 0.0419. The molecule has 0 saturated heterocycles. The third-order valence-corrected chi connectivity index (χ3v) is 3.22. The van der Waals surface area contributed by atoms with Gasteiger partial charge in [-0.1, -0.05) is 6.07 Å². The van der Waals surface area contributed by atoms with E-state index in [4.69, 9.17) is 15.2 Å². The Morgan fingerprint density at radius 3 is 2.48 bits per heavy atom. The van der Waals surface area contributed by atoms with Gasteiger partial charge in [-0.25, -0.2) is 0 Å². The third kappa shape index (κ3) is 6.04. The quantitative estimate of drug-likeness (QED) is 0.768. The summed E-state index contributed by atoms with van der Waals surface area (Å²) in [5.74, 6) is 1.45. The number of amides is 1. The summed E-state index contributed by atoms with van der Waals surface area (Å²) in [7, 11) is 3.22. The molecule has 3 N–H and O–H groups in total. The summed E-state index contributed by atoms with van der Waals surface area (Å²) in [6, 6.07) is 5.90. The van der Waals surface area contributed by atoms with Gasteiger partial charge in [0.2, 0.25) is 5.91 Å². The average molecular weight is 294 g/mol. The molecule has 1 rings (SSSR count). The molecule has 1 amide bonds. The number of ether oxygens (including phenoxy) is 2. The molecule has 0 spiro atoms. The van der Waals surface area contributed by atoms with Gasteiger partial charge in [0.1, 0.15) is 0 Å². The molecule has 1 aromatic carbocycles. The smallest absolute Gasteiger partial charge is 0.220 e. The van der Waals surface area contributed by atoms with Gasteiger partial charge >= 0.3 is 0 Å². The molecule has 0 aliphatic rings. The van der Waals surface area contributed by atoms with Crippen LogP contribution >= 0.6 is 0 Å². The second kappa shape index (κ2) is 8.52. The number of nitrogens with two attached hydrogens (primary N) is 1. The first-order valence-corrected chi connectivity index (χ1v) is 7.22. The van der Waals surface area contributed by atoms with Crippen LogP contribution in [-0.4, -0.2) is 32.2 Å². The summed E-state index contributed by atoms with van der Waals surface area (Å²) in [5, 5.41) is 2.98. The zero-order chi connectivity index (χ0) is 15.8. The minimum absolute atomic E-state index is 0.0419. The lowest BCUT2D eigenvalue weighted by Crippen LogP contribution is -2.34. The summed E-state index contributed by atoms with van der Waals surface area (Å²) < 4.78 is 10.5. The topological polar surface area (TPSA) is 73.6 Å². The molecule has 0 saturated carbocycles. The lowest BCUT2D eigenvalue weighted by molar-refractivity contribution is -0.121. The molecule has 0 aliphatic carbocycles. The molecule has 21 heavy (non-hydrogen) atoms. The van der Waals surface area contributed by atoms with Crippen molar-refractivity contribution in [3.8, 4) is 11.5 Å². The normalized spacial score (nSPS) is 13.4. The molecule has 2 unspecified atom stereocenters. The van der Waals surface area contributed by atoms with E-state index in [0.29, 0.717) is 24.3 Å². The highest BCUT2D eigenvalue weighted by Crippen LogP contribution is 2.27. The maximum Gasteiger partial charge on any atom is 0.220 e. The predicted octanol–water partition coefficient (Wildman–Crippen LogP) is 1.88. The van der Waals surface area contributed by atoms with Crippen molar-refractivity contribution in [1.82, 2.24) is 5.32 Å². The molecule has 0 aliphatic heterocycles. The van der Waals surface area contributed by atoms with Crippen molar-refractivity contribution in [3.63, 3.8) is 0 Å². The van der Waals surface area contributed by atoms with Gasteiger partial charge in [-0.15, -0.1) is 0 Å². The fraction of sp³-hybridized carbons (Fsp3) is 0.562. The average Bonchev–Trinajstić information content (AvgIpc) is 2.44. The molecular weight excluding hydrogens is 268 g/mol. The Morgan fingerprint density at radius 1 is 1.24 bits per heavy atom. The van der Waals surface area contributed by atoms with Crippen molar-refractivity contribution in [2.75, 3.05) is 14.2 Å². The van der Waals surface area contributed by atoms with Crippen LogP contribution < -0.4 is 20.5 Å². The number of benzene rings is 1. The van der Waals surface area contributed by atoms with Crippen molar-refractivity contribution < 1.29 is 14.3 Å². The number of carbonyl (C=O) groups is 1. The molecule has 0 radical (unpaired) electrons. The first kappa shape index (κ1) is 17.3. The Labute approximate surface area is 126 Å². The lowest BCUT2D eigenvalue weighted by Gasteiger charge is -2.16. The number of rotatable bonds is 8. The van der Waals surface area contributed by atoms with Gasteiger partial charge in [0.15, 0.2) is 11.5 Å². The van der Waals surface area contributed by atoms with E-state index in [1.54, 1.807) is 14.2 Å². The highest BCUT2D eigenvalue weighted by Gasteiger charge is 2.11. The van der Waals surface area contributed by atoms with Crippen LogP contribution in [0.3, 0.4) is 0 Å². The largest absolute Gasteiger partial charge is 0.493 e. The number of nitrogens with one attached hydrogen (secondary N) is 1. The van der Waals surface area contributed by atoms with Gasteiger partial charge in [-0.2, -0.15) is 0 Å². The van der Waals surface area contributed by atoms with Crippen molar-refractivity contribution in [1.29, 1.82) is 0 Å². The van der Waals surface area contributed by atoms with Gasteiger partial charge in [-0.05, 0) is 44.4 Å². The van der Waals surface area contributed by atoms with Crippen molar-refractivity contribution >= 4 is 5.91 Å². The van der Waals surface area contributed by atoms with Crippen molar-refractivity contribution in [3.05, 3.63) is 23.8 Å². The summed E-state index contributed by atoms with van der Waals surface area (Å²) >= 11 is 0. The molecule has 0 fully saturated rings. The molecule has 118 valence electrons. The zero-order valence-corrected chi connectivity index (χ0v) is 13.3. The molecule has 5 nitrogen and oxygen atoms in total. The minimum Gasteiger partial charge on any atom is -0.493 e. The third-order valence-electron chi connectivity index (χ3n) is 3.22. The molecule has 0 aromatic heterocycles. The molecule has 5 heteroatoms. The summed E-state index contributed by atoms with van der Waals surface area (Å²) in [4.78, 5) is 11.8. The van der Waals surface area contributed by atoms with Gasteiger partial charge in [0.25, 0.3) is 0 Å². The number of carbonyl (C=O) groups excluding carboxylic acids is 1. The molecule has 2 atom stereocenters. The summed E-state index contributed by atoms with van der Waals surface area (Å²) in [6.07, 6.45) is 1.91. The second-order valence-corrected chi connectivity index (χ2v) is 5.38. The Morgan fingerprint density at radius 2 is 1.90 bits per heavy atom. The standard InChI is InChI=1S/C16H26N2O3/c1-11(17)5-8-16(19)18-12(2)9-13-6-7-14(20-3)15(10-13)21-4/h6-7,10-12H,5,8-9,17H2,1-4H3,(H,18,19). The van der Waals surface area contributed by atoms with E-state index in [1.165, 1.54) is 0 Å². The van der Waals surface area contributed by atoms with Crippen LogP contribution in [0.15, 0.2) is 18.2 Å². The number of hydrogen-bond donors (Lipinski definition) is 2. The summed E-state index contributed by atoms with van der Waals surface area (Å²) in [5.41, 5.74) is 6.74.